The van der Waals surface area contributed by atoms with Crippen molar-refractivity contribution in [1.82, 2.24) is 0 Å². The smallest absolute Gasteiger partial charge is 0.235 e. The zero-order valence-electron chi connectivity index (χ0n) is 12.0. The fourth-order valence-corrected chi connectivity index (χ4v) is 3.44. The van der Waals surface area contributed by atoms with Crippen molar-refractivity contribution in [3.05, 3.63) is 22.2 Å². The number of ether oxygens (including phenoxy) is 2. The third-order valence-corrected chi connectivity index (χ3v) is 4.77. The Morgan fingerprint density at radius 3 is 2.62 bits per heavy atom. The van der Waals surface area contributed by atoms with Crippen molar-refractivity contribution in [2.75, 3.05) is 7.11 Å². The lowest BCUT2D eigenvalue weighted by Gasteiger charge is -2.22. The summed E-state index contributed by atoms with van der Waals surface area (Å²) in [7, 11) is 1.63. The van der Waals surface area contributed by atoms with Crippen LogP contribution in [0, 0.1) is 0 Å². The van der Waals surface area contributed by atoms with Gasteiger partial charge in [0.2, 0.25) is 6.08 Å². The van der Waals surface area contributed by atoms with Gasteiger partial charge in [0, 0.05) is 10.0 Å². The molecule has 0 spiro atoms. The predicted octanol–water partition coefficient (Wildman–Crippen LogP) is 4.10. The molecule has 0 aliphatic heterocycles. The molecule has 0 amide bonds. The van der Waals surface area contributed by atoms with Gasteiger partial charge in [-0.2, -0.15) is 4.99 Å². The molecule has 2 aliphatic carbocycles. The van der Waals surface area contributed by atoms with Gasteiger partial charge in [0.25, 0.3) is 0 Å². The van der Waals surface area contributed by atoms with Crippen LogP contribution in [0.25, 0.3) is 0 Å². The number of aliphatic imine (C=N–C) groups is 1. The van der Waals surface area contributed by atoms with E-state index in [1.165, 1.54) is 12.8 Å². The number of halogens is 1. The van der Waals surface area contributed by atoms with E-state index in [9.17, 15) is 4.79 Å². The molecule has 1 aromatic carbocycles. The minimum Gasteiger partial charge on any atom is -0.493 e. The van der Waals surface area contributed by atoms with Crippen molar-refractivity contribution in [1.29, 1.82) is 0 Å². The molecule has 0 bridgehead atoms. The van der Waals surface area contributed by atoms with Crippen LogP contribution in [0.1, 0.15) is 44.1 Å². The summed E-state index contributed by atoms with van der Waals surface area (Å²) >= 11 is 3.50. The van der Waals surface area contributed by atoms with Crippen molar-refractivity contribution in [3.8, 4) is 11.5 Å². The molecule has 21 heavy (non-hydrogen) atoms. The van der Waals surface area contributed by atoms with Gasteiger partial charge in [-0.1, -0.05) is 15.9 Å². The highest BCUT2D eigenvalue weighted by Gasteiger charge is 2.48. The maximum absolute atomic E-state index is 10.8. The van der Waals surface area contributed by atoms with Crippen molar-refractivity contribution >= 4 is 22.0 Å². The van der Waals surface area contributed by atoms with E-state index in [1.54, 1.807) is 13.2 Å². The first-order valence-electron chi connectivity index (χ1n) is 7.32. The SMILES string of the molecule is COc1cc(Br)cc(C2(N=C=O)CC2)c1OC1CCCC1. The van der Waals surface area contributed by atoms with Gasteiger partial charge in [-0.3, -0.25) is 0 Å². The van der Waals surface area contributed by atoms with E-state index in [-0.39, 0.29) is 6.10 Å². The summed E-state index contributed by atoms with van der Waals surface area (Å²) in [5, 5.41) is 0. The van der Waals surface area contributed by atoms with E-state index in [1.807, 2.05) is 12.1 Å². The van der Waals surface area contributed by atoms with Gasteiger partial charge in [0.05, 0.1) is 13.2 Å². The molecular formula is C16H18BrNO3. The molecule has 0 heterocycles. The quantitative estimate of drug-likeness (QED) is 0.592. The Labute approximate surface area is 132 Å². The van der Waals surface area contributed by atoms with Gasteiger partial charge in [-0.05, 0) is 50.7 Å². The number of benzene rings is 1. The van der Waals surface area contributed by atoms with Gasteiger partial charge in [0.15, 0.2) is 11.5 Å². The normalized spacial score (nSPS) is 19.9. The predicted molar refractivity (Wildman–Crippen MR) is 82.6 cm³/mol. The summed E-state index contributed by atoms with van der Waals surface area (Å²) < 4.78 is 12.6. The van der Waals surface area contributed by atoms with Crippen molar-refractivity contribution < 1.29 is 14.3 Å². The fraction of sp³-hybridized carbons (Fsp3) is 0.562. The molecule has 0 unspecified atom stereocenters. The maximum atomic E-state index is 10.8. The Hall–Kier alpha value is -1.32. The standard InChI is InChI=1S/C16H18BrNO3/c1-20-14-9-11(17)8-13(16(6-7-16)18-10-19)15(14)21-12-4-2-3-5-12/h8-9,12H,2-7H2,1H3. The average molecular weight is 352 g/mol. The van der Waals surface area contributed by atoms with Crippen molar-refractivity contribution in [2.45, 2.75) is 50.2 Å². The summed E-state index contributed by atoms with van der Waals surface area (Å²) in [5.41, 5.74) is 0.469. The first-order valence-corrected chi connectivity index (χ1v) is 8.11. The van der Waals surface area contributed by atoms with Gasteiger partial charge >= 0.3 is 0 Å². The second-order valence-corrected chi connectivity index (χ2v) is 6.66. The Morgan fingerprint density at radius 2 is 2.05 bits per heavy atom. The first-order chi connectivity index (χ1) is 10.2. The molecule has 0 N–H and O–H groups in total. The van der Waals surface area contributed by atoms with E-state index in [0.717, 1.165) is 41.5 Å². The Morgan fingerprint density at radius 1 is 1.33 bits per heavy atom. The summed E-state index contributed by atoms with van der Waals surface area (Å²) in [5.74, 6) is 1.43. The molecule has 0 radical (unpaired) electrons. The molecular weight excluding hydrogens is 334 g/mol. The molecule has 112 valence electrons. The molecule has 3 rings (SSSR count). The van der Waals surface area contributed by atoms with Crippen LogP contribution in [0.4, 0.5) is 0 Å². The lowest BCUT2D eigenvalue weighted by atomic mass is 10.0. The van der Waals surface area contributed by atoms with Crippen LogP contribution in [-0.4, -0.2) is 19.3 Å². The Bertz CT molecular complexity index is 585. The summed E-state index contributed by atoms with van der Waals surface area (Å²) in [6.45, 7) is 0. The maximum Gasteiger partial charge on any atom is 0.235 e. The number of isocyanates is 1. The molecule has 2 saturated carbocycles. The van der Waals surface area contributed by atoms with Crippen LogP contribution in [0.3, 0.4) is 0 Å². The van der Waals surface area contributed by atoms with E-state index in [0.29, 0.717) is 5.75 Å². The number of nitrogens with zero attached hydrogens (tertiary/aromatic N) is 1. The Kier molecular flexibility index (Phi) is 4.05. The topological polar surface area (TPSA) is 47.9 Å². The number of methoxy groups -OCH3 is 1. The second-order valence-electron chi connectivity index (χ2n) is 5.74. The summed E-state index contributed by atoms with van der Waals surface area (Å²) in [6.07, 6.45) is 8.20. The van der Waals surface area contributed by atoms with Gasteiger partial charge < -0.3 is 9.47 Å². The van der Waals surface area contributed by atoms with Crippen LogP contribution >= 0.6 is 15.9 Å². The Balaban J connectivity index is 2.03. The second kappa shape index (κ2) is 5.82. The number of carbonyl (C=O) groups excluding carboxylic acids is 1. The van der Waals surface area contributed by atoms with E-state index in [4.69, 9.17) is 9.47 Å². The van der Waals surface area contributed by atoms with Gasteiger partial charge in [0.1, 0.15) is 5.54 Å². The molecule has 2 fully saturated rings. The third kappa shape index (κ3) is 2.85. The van der Waals surface area contributed by atoms with Gasteiger partial charge in [-0.15, -0.1) is 0 Å². The zero-order valence-corrected chi connectivity index (χ0v) is 13.6. The van der Waals surface area contributed by atoms with Crippen LogP contribution in [0.15, 0.2) is 21.6 Å². The van der Waals surface area contributed by atoms with Crippen LogP contribution < -0.4 is 9.47 Å². The highest BCUT2D eigenvalue weighted by Crippen LogP contribution is 2.55. The minimum absolute atomic E-state index is 0.231. The third-order valence-electron chi connectivity index (χ3n) is 4.31. The largest absolute Gasteiger partial charge is 0.493 e. The fourth-order valence-electron chi connectivity index (χ4n) is 3.01. The van der Waals surface area contributed by atoms with Crippen LogP contribution in [0.2, 0.25) is 0 Å². The van der Waals surface area contributed by atoms with Crippen molar-refractivity contribution in [3.63, 3.8) is 0 Å². The molecule has 1 aromatic rings. The van der Waals surface area contributed by atoms with Crippen molar-refractivity contribution in [2.24, 2.45) is 4.99 Å². The summed E-state index contributed by atoms with van der Waals surface area (Å²) in [4.78, 5) is 14.8. The molecule has 0 aromatic heterocycles. The van der Waals surface area contributed by atoms with Crippen LogP contribution in [-0.2, 0) is 10.3 Å². The number of rotatable bonds is 5. The lowest BCUT2D eigenvalue weighted by molar-refractivity contribution is 0.197. The first kappa shape index (κ1) is 14.6. The monoisotopic (exact) mass is 351 g/mol. The van der Waals surface area contributed by atoms with Gasteiger partial charge in [-0.25, -0.2) is 4.79 Å². The average Bonchev–Trinajstić information content (AvgIpc) is 3.07. The minimum atomic E-state index is -0.466. The number of hydrogen-bond donors (Lipinski definition) is 0. The lowest BCUT2D eigenvalue weighted by Crippen LogP contribution is -2.15. The molecule has 2 aliphatic rings. The van der Waals surface area contributed by atoms with Crippen LogP contribution in [0.5, 0.6) is 11.5 Å². The summed E-state index contributed by atoms with van der Waals surface area (Å²) in [6, 6.07) is 3.88. The highest BCUT2D eigenvalue weighted by atomic mass is 79.9. The molecule has 5 heteroatoms. The van der Waals surface area contributed by atoms with E-state index < -0.39 is 5.54 Å². The zero-order chi connectivity index (χ0) is 14.9. The molecule has 4 nitrogen and oxygen atoms in total. The van der Waals surface area contributed by atoms with E-state index in [2.05, 4.69) is 20.9 Å². The number of hydrogen-bond acceptors (Lipinski definition) is 4. The van der Waals surface area contributed by atoms with E-state index >= 15 is 0 Å². The molecule has 0 atom stereocenters. The highest BCUT2D eigenvalue weighted by molar-refractivity contribution is 9.10. The molecule has 0 saturated heterocycles.